The van der Waals surface area contributed by atoms with Crippen LogP contribution < -0.4 is 10.6 Å². The number of aromatic nitrogens is 1. The molecular formula is C19H31N5O. The van der Waals surface area contributed by atoms with Crippen LogP contribution in [0.2, 0.25) is 0 Å². The maximum atomic E-state index is 6.17. The minimum Gasteiger partial charge on any atom is -0.372 e. The van der Waals surface area contributed by atoms with Crippen molar-refractivity contribution in [2.45, 2.75) is 52.4 Å². The normalized spacial score (nSPS) is 28.3. The molecule has 0 aliphatic carbocycles. The van der Waals surface area contributed by atoms with Crippen LogP contribution >= 0.6 is 0 Å². The van der Waals surface area contributed by atoms with Crippen LogP contribution in [0.15, 0.2) is 23.3 Å². The second-order valence-corrected chi connectivity index (χ2v) is 7.55. The third kappa shape index (κ3) is 4.84. The summed E-state index contributed by atoms with van der Waals surface area (Å²) in [5.74, 6) is 2.36. The van der Waals surface area contributed by atoms with Gasteiger partial charge in [-0.05, 0) is 44.2 Å². The molecule has 0 radical (unpaired) electrons. The van der Waals surface area contributed by atoms with Gasteiger partial charge >= 0.3 is 0 Å². The number of nitrogens with two attached hydrogens (primary N) is 1. The predicted molar refractivity (Wildman–Crippen MR) is 102 cm³/mol. The third-order valence-electron chi connectivity index (χ3n) is 4.96. The highest BCUT2D eigenvalue weighted by atomic mass is 16.5. The number of anilines is 1. The van der Waals surface area contributed by atoms with Gasteiger partial charge in [-0.3, -0.25) is 0 Å². The summed E-state index contributed by atoms with van der Waals surface area (Å²) in [5, 5.41) is 0. The van der Waals surface area contributed by atoms with Crippen LogP contribution in [-0.4, -0.2) is 54.2 Å². The Hall–Kier alpha value is -1.82. The van der Waals surface area contributed by atoms with Gasteiger partial charge in [0.2, 0.25) is 0 Å². The molecule has 2 saturated heterocycles. The number of piperidine rings is 1. The molecule has 2 aliphatic rings. The summed E-state index contributed by atoms with van der Waals surface area (Å²) < 4.78 is 5.79. The van der Waals surface area contributed by atoms with Gasteiger partial charge in [-0.15, -0.1) is 0 Å². The molecule has 0 saturated carbocycles. The first-order valence-electron chi connectivity index (χ1n) is 9.41. The number of nitrogens with zero attached hydrogens (tertiary/aromatic N) is 4. The highest BCUT2D eigenvalue weighted by Gasteiger charge is 2.23. The summed E-state index contributed by atoms with van der Waals surface area (Å²) in [7, 11) is 0. The van der Waals surface area contributed by atoms with Crippen LogP contribution in [0.3, 0.4) is 0 Å². The standard InChI is InChI=1S/C19H31N5O/c1-14-5-4-8-23(11-14)19(20)22-10-17-6-7-18(21-9-17)24-12-15(2)25-16(3)13-24/h6-7,9,14-16H,4-5,8,10-13H2,1-3H3,(H2,20,22). The van der Waals surface area contributed by atoms with Crippen molar-refractivity contribution in [1.82, 2.24) is 9.88 Å². The quantitative estimate of drug-likeness (QED) is 0.672. The van der Waals surface area contributed by atoms with Crippen LogP contribution in [0.1, 0.15) is 39.2 Å². The second kappa shape index (κ2) is 8.04. The van der Waals surface area contributed by atoms with Crippen LogP contribution in [0, 0.1) is 5.92 Å². The molecule has 2 N–H and O–H groups in total. The molecule has 2 aliphatic heterocycles. The molecular weight excluding hydrogens is 314 g/mol. The van der Waals surface area contributed by atoms with Crippen molar-refractivity contribution < 1.29 is 4.74 Å². The molecule has 138 valence electrons. The second-order valence-electron chi connectivity index (χ2n) is 7.55. The van der Waals surface area contributed by atoms with Gasteiger partial charge in [0, 0.05) is 32.4 Å². The van der Waals surface area contributed by atoms with Crippen LogP contribution in [0.25, 0.3) is 0 Å². The lowest BCUT2D eigenvalue weighted by Crippen LogP contribution is -2.45. The summed E-state index contributed by atoms with van der Waals surface area (Å²) in [5.41, 5.74) is 7.26. The Labute approximate surface area is 151 Å². The molecule has 6 heteroatoms. The lowest BCUT2D eigenvalue weighted by Gasteiger charge is -2.36. The van der Waals surface area contributed by atoms with E-state index in [2.05, 4.69) is 52.7 Å². The molecule has 3 unspecified atom stereocenters. The number of guanidine groups is 1. The average molecular weight is 345 g/mol. The van der Waals surface area contributed by atoms with Gasteiger partial charge in [-0.1, -0.05) is 13.0 Å². The Morgan fingerprint density at radius 1 is 1.24 bits per heavy atom. The summed E-state index contributed by atoms with van der Waals surface area (Å²) >= 11 is 0. The molecule has 0 aromatic carbocycles. The number of likely N-dealkylation sites (tertiary alicyclic amines) is 1. The number of pyridine rings is 1. The van der Waals surface area contributed by atoms with Crippen LogP contribution in [0.4, 0.5) is 5.82 Å². The van der Waals surface area contributed by atoms with E-state index in [-0.39, 0.29) is 12.2 Å². The van der Waals surface area contributed by atoms with Crippen molar-refractivity contribution in [2.75, 3.05) is 31.1 Å². The Balaban J connectivity index is 1.58. The molecule has 0 bridgehead atoms. The Morgan fingerprint density at radius 3 is 2.64 bits per heavy atom. The van der Waals surface area contributed by atoms with Crippen LogP contribution in [0.5, 0.6) is 0 Å². The van der Waals surface area contributed by atoms with Crippen molar-refractivity contribution in [1.29, 1.82) is 0 Å². The number of ether oxygens (including phenoxy) is 1. The fourth-order valence-electron chi connectivity index (χ4n) is 3.73. The van der Waals surface area contributed by atoms with E-state index in [0.29, 0.717) is 18.4 Å². The van der Waals surface area contributed by atoms with Gasteiger partial charge in [-0.2, -0.15) is 0 Å². The minimum absolute atomic E-state index is 0.238. The molecule has 3 atom stereocenters. The fourth-order valence-corrected chi connectivity index (χ4v) is 3.73. The summed E-state index contributed by atoms with van der Waals surface area (Å²) in [6.45, 7) is 10.9. The van der Waals surface area contributed by atoms with E-state index in [1.165, 1.54) is 12.8 Å². The predicted octanol–water partition coefficient (Wildman–Crippen LogP) is 2.24. The molecule has 1 aromatic heterocycles. The first-order chi connectivity index (χ1) is 12.0. The molecule has 25 heavy (non-hydrogen) atoms. The number of rotatable bonds is 3. The van der Waals surface area contributed by atoms with Crippen molar-refractivity contribution in [3.05, 3.63) is 23.9 Å². The first-order valence-corrected chi connectivity index (χ1v) is 9.41. The molecule has 2 fully saturated rings. The van der Waals surface area contributed by atoms with Gasteiger partial charge in [0.25, 0.3) is 0 Å². The topological polar surface area (TPSA) is 67.0 Å². The monoisotopic (exact) mass is 345 g/mol. The lowest BCUT2D eigenvalue weighted by atomic mass is 10.0. The van der Waals surface area contributed by atoms with Gasteiger partial charge in [0.1, 0.15) is 5.82 Å². The van der Waals surface area contributed by atoms with E-state index in [1.54, 1.807) is 0 Å². The fraction of sp³-hybridized carbons (Fsp3) is 0.684. The van der Waals surface area contributed by atoms with Gasteiger partial charge in [0.15, 0.2) is 5.96 Å². The Morgan fingerprint density at radius 2 is 2.00 bits per heavy atom. The smallest absolute Gasteiger partial charge is 0.191 e. The van der Waals surface area contributed by atoms with E-state index in [9.17, 15) is 0 Å². The number of hydrogen-bond acceptors (Lipinski definition) is 4. The zero-order chi connectivity index (χ0) is 17.8. The molecule has 6 nitrogen and oxygen atoms in total. The van der Waals surface area contributed by atoms with E-state index >= 15 is 0 Å². The number of aliphatic imine (C=N–C) groups is 1. The van der Waals surface area contributed by atoms with Crippen molar-refractivity contribution in [3.8, 4) is 0 Å². The Kier molecular flexibility index (Phi) is 5.78. The van der Waals surface area contributed by atoms with Gasteiger partial charge in [-0.25, -0.2) is 9.98 Å². The van der Waals surface area contributed by atoms with E-state index in [0.717, 1.165) is 37.6 Å². The van der Waals surface area contributed by atoms with Gasteiger partial charge < -0.3 is 20.3 Å². The zero-order valence-corrected chi connectivity index (χ0v) is 15.7. The highest BCUT2D eigenvalue weighted by Crippen LogP contribution is 2.19. The summed E-state index contributed by atoms with van der Waals surface area (Å²) in [6, 6.07) is 4.18. The number of hydrogen-bond donors (Lipinski definition) is 1. The molecule has 0 amide bonds. The largest absolute Gasteiger partial charge is 0.372 e. The van der Waals surface area contributed by atoms with Crippen LogP contribution in [-0.2, 0) is 11.3 Å². The third-order valence-corrected chi connectivity index (χ3v) is 4.96. The van der Waals surface area contributed by atoms with E-state index < -0.39 is 0 Å². The SMILES string of the molecule is CC1CCCN(C(N)=NCc2ccc(N3CC(C)OC(C)C3)nc2)C1. The minimum atomic E-state index is 0.238. The highest BCUT2D eigenvalue weighted by molar-refractivity contribution is 5.78. The Bertz CT molecular complexity index is 578. The van der Waals surface area contributed by atoms with E-state index in [1.807, 2.05) is 6.20 Å². The van der Waals surface area contributed by atoms with Crippen molar-refractivity contribution in [3.63, 3.8) is 0 Å². The van der Waals surface area contributed by atoms with Gasteiger partial charge in [0.05, 0.1) is 18.8 Å². The summed E-state index contributed by atoms with van der Waals surface area (Å²) in [4.78, 5) is 13.7. The zero-order valence-electron chi connectivity index (χ0n) is 15.7. The van der Waals surface area contributed by atoms with Crippen molar-refractivity contribution in [2.24, 2.45) is 16.6 Å². The maximum absolute atomic E-state index is 6.17. The number of morpholine rings is 1. The maximum Gasteiger partial charge on any atom is 0.191 e. The summed E-state index contributed by atoms with van der Waals surface area (Å²) in [6.07, 6.45) is 4.87. The van der Waals surface area contributed by atoms with Crippen molar-refractivity contribution >= 4 is 11.8 Å². The molecule has 3 heterocycles. The lowest BCUT2D eigenvalue weighted by molar-refractivity contribution is -0.00545. The average Bonchev–Trinajstić information content (AvgIpc) is 2.59. The van der Waals surface area contributed by atoms with E-state index in [4.69, 9.17) is 10.5 Å². The molecule has 3 rings (SSSR count). The first kappa shape index (κ1) is 18.0. The molecule has 0 spiro atoms. The molecule has 1 aromatic rings.